The van der Waals surface area contributed by atoms with Gasteiger partial charge in [0.2, 0.25) is 0 Å². The number of hydrogen-bond acceptors (Lipinski definition) is 4. The average Bonchev–Trinajstić information content (AvgIpc) is 2.27. The van der Waals surface area contributed by atoms with Gasteiger partial charge >= 0.3 is 0 Å². The van der Waals surface area contributed by atoms with E-state index in [1.165, 1.54) is 17.2 Å². The van der Waals surface area contributed by atoms with Crippen LogP contribution in [0, 0.1) is 0 Å². The highest BCUT2D eigenvalue weighted by Crippen LogP contribution is 2.27. The fraction of sp³-hybridized carbons (Fsp3) is 0.455. The Kier molecular flexibility index (Phi) is 2.97. The van der Waals surface area contributed by atoms with Gasteiger partial charge in [0.05, 0.1) is 36.1 Å². The molecule has 3 N–H and O–H groups in total. The molecule has 5 nitrogen and oxygen atoms in total. The Hall–Kier alpha value is -1.33. The van der Waals surface area contributed by atoms with Crippen molar-refractivity contribution in [2.45, 2.75) is 18.9 Å². The van der Waals surface area contributed by atoms with Crippen LogP contribution in [0.25, 0.3) is 0 Å². The number of β-amino-alcohol motifs (C(OH)–C–C–N with tert-alkyl or cyclic N) is 1. The van der Waals surface area contributed by atoms with Crippen molar-refractivity contribution in [3.63, 3.8) is 0 Å². The topological polar surface area (TPSA) is 79.5 Å². The minimum Gasteiger partial charge on any atom is -0.397 e. The number of aromatic nitrogens is 1. The first-order valence-corrected chi connectivity index (χ1v) is 5.76. The molecule has 1 aliphatic heterocycles. The molecule has 1 aromatic heterocycles. The van der Waals surface area contributed by atoms with Gasteiger partial charge in [-0.2, -0.15) is 0 Å². The Labute approximate surface area is 104 Å². The lowest BCUT2D eigenvalue weighted by Gasteiger charge is -2.46. The molecule has 0 atom stereocenters. The van der Waals surface area contributed by atoms with E-state index in [9.17, 15) is 9.90 Å². The van der Waals surface area contributed by atoms with Gasteiger partial charge in [0.1, 0.15) is 5.15 Å². The minimum absolute atomic E-state index is 0.135. The van der Waals surface area contributed by atoms with E-state index in [-0.39, 0.29) is 16.6 Å². The number of anilines is 1. The molecular weight excluding hydrogens is 242 g/mol. The van der Waals surface area contributed by atoms with E-state index in [2.05, 4.69) is 4.98 Å². The Balaban J connectivity index is 2.14. The molecular formula is C11H14ClN3O2. The molecule has 17 heavy (non-hydrogen) atoms. The zero-order valence-electron chi connectivity index (χ0n) is 9.48. The van der Waals surface area contributed by atoms with Crippen LogP contribution in [0.1, 0.15) is 23.7 Å². The first-order valence-electron chi connectivity index (χ1n) is 5.38. The number of rotatable bonds is 2. The highest BCUT2D eigenvalue weighted by molar-refractivity contribution is 6.32. The van der Waals surface area contributed by atoms with E-state index < -0.39 is 5.60 Å². The van der Waals surface area contributed by atoms with Crippen molar-refractivity contribution in [1.29, 1.82) is 0 Å². The van der Waals surface area contributed by atoms with Crippen molar-refractivity contribution in [1.82, 2.24) is 9.88 Å². The van der Waals surface area contributed by atoms with E-state index >= 15 is 0 Å². The van der Waals surface area contributed by atoms with Crippen molar-refractivity contribution in [3.8, 4) is 0 Å². The third-order valence-corrected chi connectivity index (χ3v) is 3.31. The van der Waals surface area contributed by atoms with Crippen molar-refractivity contribution >= 4 is 23.2 Å². The van der Waals surface area contributed by atoms with Crippen LogP contribution in [-0.4, -0.2) is 39.6 Å². The summed E-state index contributed by atoms with van der Waals surface area (Å²) in [5, 5.41) is 9.98. The van der Waals surface area contributed by atoms with E-state index in [1.807, 2.05) is 6.92 Å². The van der Waals surface area contributed by atoms with E-state index in [1.54, 1.807) is 0 Å². The largest absolute Gasteiger partial charge is 0.397 e. The van der Waals surface area contributed by atoms with E-state index in [4.69, 9.17) is 17.3 Å². The first-order chi connectivity index (χ1) is 7.95. The summed E-state index contributed by atoms with van der Waals surface area (Å²) in [4.78, 5) is 17.4. The molecule has 2 rings (SSSR count). The summed E-state index contributed by atoms with van der Waals surface area (Å²) in [6, 6.07) is 1.50. The monoisotopic (exact) mass is 255 g/mol. The van der Waals surface area contributed by atoms with Crippen LogP contribution < -0.4 is 5.73 Å². The lowest BCUT2D eigenvalue weighted by Crippen LogP contribution is -2.63. The Morgan fingerprint density at radius 1 is 1.71 bits per heavy atom. The van der Waals surface area contributed by atoms with Crippen LogP contribution in [0.5, 0.6) is 0 Å². The number of amides is 1. The lowest BCUT2D eigenvalue weighted by molar-refractivity contribution is -0.0826. The lowest BCUT2D eigenvalue weighted by atomic mass is 9.91. The van der Waals surface area contributed by atoms with Gasteiger partial charge in [0, 0.05) is 0 Å². The van der Waals surface area contributed by atoms with Gasteiger partial charge in [-0.15, -0.1) is 0 Å². The van der Waals surface area contributed by atoms with Gasteiger partial charge in [0.25, 0.3) is 5.91 Å². The summed E-state index contributed by atoms with van der Waals surface area (Å²) in [7, 11) is 0. The first kappa shape index (κ1) is 12.1. The number of nitrogen functional groups attached to an aromatic ring is 1. The molecule has 0 radical (unpaired) electrons. The smallest absolute Gasteiger partial charge is 0.257 e. The normalized spacial score (nSPS) is 17.7. The van der Waals surface area contributed by atoms with Crippen molar-refractivity contribution in [2.75, 3.05) is 18.8 Å². The molecule has 92 valence electrons. The number of pyridine rings is 1. The number of nitrogens with zero attached hydrogens (tertiary/aromatic N) is 2. The van der Waals surface area contributed by atoms with Gasteiger partial charge < -0.3 is 15.7 Å². The number of halogens is 1. The Morgan fingerprint density at radius 2 is 2.35 bits per heavy atom. The average molecular weight is 256 g/mol. The number of carbonyl (C=O) groups excluding carboxylic acids is 1. The molecule has 1 amide bonds. The van der Waals surface area contributed by atoms with Crippen molar-refractivity contribution < 1.29 is 9.90 Å². The Bertz CT molecular complexity index is 458. The third kappa shape index (κ3) is 2.21. The quantitative estimate of drug-likeness (QED) is 0.770. The van der Waals surface area contributed by atoms with Gasteiger partial charge in [-0.1, -0.05) is 18.5 Å². The standard InChI is InChI=1S/C11H14ClN3O2/c1-2-11(17)5-15(6-11)10(16)8-3-7(13)4-14-9(8)12/h3-4,17H,2,5-6,13H2,1H3. The molecule has 0 unspecified atom stereocenters. The van der Waals surface area contributed by atoms with Crippen molar-refractivity contribution in [2.24, 2.45) is 0 Å². The number of aliphatic hydroxyl groups is 1. The molecule has 0 saturated carbocycles. The van der Waals surface area contributed by atoms with Crippen LogP contribution in [0.15, 0.2) is 12.3 Å². The zero-order chi connectivity index (χ0) is 12.6. The summed E-state index contributed by atoms with van der Waals surface area (Å²) in [6.07, 6.45) is 2.03. The summed E-state index contributed by atoms with van der Waals surface area (Å²) >= 11 is 5.84. The van der Waals surface area contributed by atoms with Crippen LogP contribution in [0.3, 0.4) is 0 Å². The second kappa shape index (κ2) is 4.16. The maximum atomic E-state index is 12.0. The molecule has 0 aliphatic carbocycles. The van der Waals surface area contributed by atoms with Crippen LogP contribution >= 0.6 is 11.6 Å². The molecule has 0 aromatic carbocycles. The highest BCUT2D eigenvalue weighted by Gasteiger charge is 2.42. The molecule has 0 bridgehead atoms. The maximum absolute atomic E-state index is 12.0. The van der Waals surface area contributed by atoms with E-state index in [0.29, 0.717) is 25.2 Å². The molecule has 6 heteroatoms. The summed E-state index contributed by atoms with van der Waals surface area (Å²) in [6.45, 7) is 2.54. The predicted molar refractivity (Wildman–Crippen MR) is 64.8 cm³/mol. The molecule has 2 heterocycles. The van der Waals surface area contributed by atoms with Crippen LogP contribution in [0.4, 0.5) is 5.69 Å². The fourth-order valence-corrected chi connectivity index (χ4v) is 2.00. The number of carbonyl (C=O) groups is 1. The third-order valence-electron chi connectivity index (χ3n) is 3.01. The van der Waals surface area contributed by atoms with Gasteiger partial charge in [0.15, 0.2) is 0 Å². The van der Waals surface area contributed by atoms with Crippen LogP contribution in [-0.2, 0) is 0 Å². The van der Waals surface area contributed by atoms with Crippen LogP contribution in [0.2, 0.25) is 5.15 Å². The fourth-order valence-electron chi connectivity index (χ4n) is 1.82. The zero-order valence-corrected chi connectivity index (χ0v) is 10.2. The molecule has 1 saturated heterocycles. The van der Waals surface area contributed by atoms with Gasteiger partial charge in [-0.25, -0.2) is 4.98 Å². The summed E-state index contributed by atoms with van der Waals surface area (Å²) in [5.74, 6) is -0.243. The second-order valence-electron chi connectivity index (χ2n) is 4.35. The Morgan fingerprint density at radius 3 is 2.94 bits per heavy atom. The highest BCUT2D eigenvalue weighted by atomic mass is 35.5. The number of hydrogen-bond donors (Lipinski definition) is 2. The second-order valence-corrected chi connectivity index (χ2v) is 4.70. The minimum atomic E-state index is -0.754. The molecule has 0 spiro atoms. The number of nitrogens with two attached hydrogens (primary N) is 1. The van der Waals surface area contributed by atoms with E-state index in [0.717, 1.165) is 0 Å². The van der Waals surface area contributed by atoms with Gasteiger partial charge in [-0.05, 0) is 12.5 Å². The molecule has 1 aromatic rings. The SMILES string of the molecule is CCC1(O)CN(C(=O)c2cc(N)cnc2Cl)C1. The van der Waals surface area contributed by atoms with Crippen molar-refractivity contribution in [3.05, 3.63) is 23.0 Å². The summed E-state index contributed by atoms with van der Waals surface area (Å²) < 4.78 is 0. The molecule has 1 fully saturated rings. The molecule has 1 aliphatic rings. The maximum Gasteiger partial charge on any atom is 0.257 e. The summed E-state index contributed by atoms with van der Waals surface area (Å²) in [5.41, 5.74) is 5.48. The van der Waals surface area contributed by atoms with Gasteiger partial charge in [-0.3, -0.25) is 4.79 Å². The number of likely N-dealkylation sites (tertiary alicyclic amines) is 1. The predicted octanol–water partition coefficient (Wildman–Crippen LogP) is 0.914.